The van der Waals surface area contributed by atoms with E-state index in [1.807, 2.05) is 6.92 Å². The van der Waals surface area contributed by atoms with Crippen LogP contribution in [0.5, 0.6) is 0 Å². The van der Waals surface area contributed by atoms with Crippen LogP contribution in [0.4, 0.5) is 0 Å². The van der Waals surface area contributed by atoms with Crippen molar-refractivity contribution >= 4 is 28.6 Å². The lowest BCUT2D eigenvalue weighted by Crippen LogP contribution is -2.30. The fourth-order valence-electron chi connectivity index (χ4n) is 0.884. The summed E-state index contributed by atoms with van der Waals surface area (Å²) in [4.78, 5) is 11.0. The van der Waals surface area contributed by atoms with E-state index in [4.69, 9.17) is 4.74 Å². The van der Waals surface area contributed by atoms with E-state index in [-0.39, 0.29) is 9.89 Å². The molecule has 84 valence electrons. The normalized spacial score (nSPS) is 12.5. The lowest BCUT2D eigenvalue weighted by Gasteiger charge is -2.08. The van der Waals surface area contributed by atoms with Gasteiger partial charge in [0.25, 0.3) is 0 Å². The minimum absolute atomic E-state index is 0.107. The predicted molar refractivity (Wildman–Crippen MR) is 63.8 cm³/mol. The molecule has 0 aromatic carbocycles. The Morgan fingerprint density at radius 1 is 1.57 bits per heavy atom. The van der Waals surface area contributed by atoms with Crippen LogP contribution in [0.1, 0.15) is 13.3 Å². The van der Waals surface area contributed by atoms with Gasteiger partial charge in [0.1, 0.15) is 3.92 Å². The van der Waals surface area contributed by atoms with E-state index in [9.17, 15) is 4.79 Å². The number of alkyl halides is 1. The maximum Gasteiger partial charge on any atom is 0.319 e. The van der Waals surface area contributed by atoms with Crippen LogP contribution in [0, 0.1) is 0 Å². The van der Waals surface area contributed by atoms with Crippen molar-refractivity contribution in [2.45, 2.75) is 17.3 Å². The smallest absolute Gasteiger partial charge is 0.319 e. The Balaban J connectivity index is 3.23. The Labute approximate surface area is 98.9 Å². The van der Waals surface area contributed by atoms with Crippen LogP contribution >= 0.6 is 22.6 Å². The highest BCUT2D eigenvalue weighted by Gasteiger charge is 2.13. The highest BCUT2D eigenvalue weighted by molar-refractivity contribution is 14.1. The average Bonchev–Trinajstić information content (AvgIpc) is 2.21. The molecule has 4 nitrogen and oxygen atoms in total. The fraction of sp³-hybridized carbons (Fsp3) is 0.889. The molecule has 1 unspecified atom stereocenters. The van der Waals surface area contributed by atoms with Crippen molar-refractivity contribution in [3.05, 3.63) is 0 Å². The highest BCUT2D eigenvalue weighted by Crippen LogP contribution is 2.00. The Kier molecular flexibility index (Phi) is 9.75. The fourth-order valence-corrected chi connectivity index (χ4v) is 1.45. The molecule has 0 aliphatic carbocycles. The third-order valence-electron chi connectivity index (χ3n) is 1.63. The van der Waals surface area contributed by atoms with Crippen LogP contribution in [-0.4, -0.2) is 43.3 Å². The Morgan fingerprint density at radius 2 is 2.29 bits per heavy atom. The molecule has 0 radical (unpaired) electrons. The van der Waals surface area contributed by atoms with Gasteiger partial charge in [-0.3, -0.25) is 4.79 Å². The van der Waals surface area contributed by atoms with E-state index in [1.54, 1.807) is 0 Å². The van der Waals surface area contributed by atoms with Crippen molar-refractivity contribution in [2.24, 2.45) is 0 Å². The molecule has 0 spiro atoms. The molecule has 0 saturated carbocycles. The molecule has 1 N–H and O–H groups in total. The molecule has 0 aromatic rings. The number of methoxy groups -OCH3 is 1. The first kappa shape index (κ1) is 14.1. The maximum atomic E-state index is 11.0. The zero-order chi connectivity index (χ0) is 10.8. The molecule has 0 aliphatic heterocycles. The van der Waals surface area contributed by atoms with E-state index in [0.29, 0.717) is 6.54 Å². The van der Waals surface area contributed by atoms with Gasteiger partial charge in [0.05, 0.1) is 7.11 Å². The van der Waals surface area contributed by atoms with E-state index >= 15 is 0 Å². The van der Waals surface area contributed by atoms with Crippen LogP contribution in [0.2, 0.25) is 0 Å². The van der Waals surface area contributed by atoms with Crippen molar-refractivity contribution in [3.8, 4) is 0 Å². The molecule has 0 fully saturated rings. The molecule has 0 amide bonds. The standard InChI is InChI=1S/C9H18INO3/c1-3-14-6-4-5-11-7-8(10)9(12)13-2/h8,11H,3-7H2,1-2H3. The van der Waals surface area contributed by atoms with Crippen molar-refractivity contribution < 1.29 is 14.3 Å². The van der Waals surface area contributed by atoms with Crippen molar-refractivity contribution in [1.82, 2.24) is 5.32 Å². The third-order valence-corrected chi connectivity index (χ3v) is 2.58. The van der Waals surface area contributed by atoms with Crippen molar-refractivity contribution in [1.29, 1.82) is 0 Å². The van der Waals surface area contributed by atoms with Gasteiger partial charge < -0.3 is 14.8 Å². The van der Waals surface area contributed by atoms with Gasteiger partial charge in [0, 0.05) is 19.8 Å². The molecule has 0 aliphatic rings. The molecule has 0 aromatic heterocycles. The topological polar surface area (TPSA) is 47.6 Å². The monoisotopic (exact) mass is 315 g/mol. The Bertz CT molecular complexity index is 155. The van der Waals surface area contributed by atoms with E-state index in [2.05, 4.69) is 32.6 Å². The largest absolute Gasteiger partial charge is 0.468 e. The van der Waals surface area contributed by atoms with Gasteiger partial charge in [0.15, 0.2) is 0 Å². The first-order valence-corrected chi connectivity index (χ1v) is 5.97. The van der Waals surface area contributed by atoms with Gasteiger partial charge in [0.2, 0.25) is 0 Å². The lowest BCUT2D eigenvalue weighted by molar-refractivity contribution is -0.139. The Morgan fingerprint density at radius 3 is 2.86 bits per heavy atom. The lowest BCUT2D eigenvalue weighted by atomic mass is 10.4. The summed E-state index contributed by atoms with van der Waals surface area (Å²) in [5.41, 5.74) is 0. The van der Waals surface area contributed by atoms with E-state index in [0.717, 1.165) is 26.2 Å². The van der Waals surface area contributed by atoms with Gasteiger partial charge >= 0.3 is 5.97 Å². The summed E-state index contributed by atoms with van der Waals surface area (Å²) in [6.07, 6.45) is 0.971. The summed E-state index contributed by atoms with van der Waals surface area (Å²) in [5.74, 6) is -0.178. The summed E-state index contributed by atoms with van der Waals surface area (Å²) >= 11 is 2.07. The van der Waals surface area contributed by atoms with E-state index in [1.165, 1.54) is 7.11 Å². The molecule has 0 heterocycles. The number of hydrogen-bond donors (Lipinski definition) is 1. The summed E-state index contributed by atoms with van der Waals surface area (Å²) in [6.45, 7) is 5.03. The van der Waals surface area contributed by atoms with Crippen LogP contribution in [0.3, 0.4) is 0 Å². The summed E-state index contributed by atoms with van der Waals surface area (Å²) < 4.78 is 9.67. The van der Waals surface area contributed by atoms with Gasteiger partial charge in [-0.15, -0.1) is 0 Å². The summed E-state index contributed by atoms with van der Waals surface area (Å²) in [6, 6.07) is 0. The third kappa shape index (κ3) is 7.52. The first-order valence-electron chi connectivity index (χ1n) is 4.72. The molecule has 1 atom stereocenters. The first-order chi connectivity index (χ1) is 6.72. The predicted octanol–water partition coefficient (Wildman–Crippen LogP) is 0.979. The van der Waals surface area contributed by atoms with Gasteiger partial charge in [-0.2, -0.15) is 0 Å². The van der Waals surface area contributed by atoms with Crippen LogP contribution < -0.4 is 5.32 Å². The van der Waals surface area contributed by atoms with Crippen LogP contribution in [-0.2, 0) is 14.3 Å². The molecule has 5 heteroatoms. The molecule has 0 bridgehead atoms. The molecular weight excluding hydrogens is 297 g/mol. The maximum absolute atomic E-state index is 11.0. The van der Waals surface area contributed by atoms with E-state index < -0.39 is 0 Å². The number of carbonyl (C=O) groups is 1. The second kappa shape index (κ2) is 9.67. The molecule has 0 rings (SSSR count). The second-order valence-electron chi connectivity index (χ2n) is 2.75. The second-order valence-corrected chi connectivity index (χ2v) is 4.25. The van der Waals surface area contributed by atoms with Crippen molar-refractivity contribution in [2.75, 3.05) is 33.4 Å². The number of ether oxygens (including phenoxy) is 2. The zero-order valence-corrected chi connectivity index (χ0v) is 10.9. The Hall–Kier alpha value is 0.120. The highest BCUT2D eigenvalue weighted by atomic mass is 127. The molecule has 0 saturated heterocycles. The number of nitrogens with one attached hydrogen (secondary N) is 1. The average molecular weight is 315 g/mol. The summed E-state index contributed by atoms with van der Waals surface area (Å²) in [5, 5.41) is 3.17. The van der Waals surface area contributed by atoms with Gasteiger partial charge in [-0.25, -0.2) is 0 Å². The number of carbonyl (C=O) groups excluding carboxylic acids is 1. The van der Waals surface area contributed by atoms with Gasteiger partial charge in [-0.05, 0) is 19.9 Å². The SMILES string of the molecule is CCOCCCNCC(I)C(=O)OC. The number of rotatable bonds is 8. The number of halogens is 1. The number of esters is 1. The summed E-state index contributed by atoms with van der Waals surface area (Å²) in [7, 11) is 1.41. The minimum Gasteiger partial charge on any atom is -0.468 e. The zero-order valence-electron chi connectivity index (χ0n) is 8.72. The quantitative estimate of drug-likeness (QED) is 0.314. The number of hydrogen-bond acceptors (Lipinski definition) is 4. The van der Waals surface area contributed by atoms with Crippen molar-refractivity contribution in [3.63, 3.8) is 0 Å². The minimum atomic E-state index is -0.178. The van der Waals surface area contributed by atoms with Crippen LogP contribution in [0.25, 0.3) is 0 Å². The molecule has 14 heavy (non-hydrogen) atoms. The van der Waals surface area contributed by atoms with Gasteiger partial charge in [-0.1, -0.05) is 22.6 Å². The molecular formula is C9H18INO3. The van der Waals surface area contributed by atoms with Crippen LogP contribution in [0.15, 0.2) is 0 Å².